The van der Waals surface area contributed by atoms with Gasteiger partial charge in [0.05, 0.1) is 22.3 Å². The minimum absolute atomic E-state index is 0.00335. The number of nitriles is 1. The zero-order valence-electron chi connectivity index (χ0n) is 17.8. The summed E-state index contributed by atoms with van der Waals surface area (Å²) in [6.45, 7) is 6.48. The molecule has 1 aromatic carbocycles. The van der Waals surface area contributed by atoms with Crippen molar-refractivity contribution in [3.63, 3.8) is 0 Å². The SMILES string of the molecule is CCn1c(SC(C)C(=O)Nc2cccc(C#N)c2)nc2sc3c(c2c1=O)CCC(C)C3. The van der Waals surface area contributed by atoms with Gasteiger partial charge >= 0.3 is 0 Å². The summed E-state index contributed by atoms with van der Waals surface area (Å²) in [6, 6.07) is 8.88. The number of carbonyl (C=O) groups is 1. The summed E-state index contributed by atoms with van der Waals surface area (Å²) in [5.41, 5.74) is 2.24. The number of rotatable bonds is 5. The second-order valence-corrected chi connectivity index (χ2v) is 10.3. The molecular formula is C23H24N4O2S2. The van der Waals surface area contributed by atoms with E-state index in [9.17, 15) is 9.59 Å². The first-order chi connectivity index (χ1) is 14.9. The monoisotopic (exact) mass is 452 g/mol. The Kier molecular flexibility index (Phi) is 6.17. The minimum Gasteiger partial charge on any atom is -0.325 e. The van der Waals surface area contributed by atoms with E-state index in [1.807, 2.05) is 6.92 Å². The van der Waals surface area contributed by atoms with Crippen LogP contribution < -0.4 is 10.9 Å². The molecule has 3 aromatic rings. The third-order valence-electron chi connectivity index (χ3n) is 5.61. The predicted molar refractivity (Wildman–Crippen MR) is 126 cm³/mol. The number of anilines is 1. The van der Waals surface area contributed by atoms with Crippen LogP contribution in [-0.4, -0.2) is 20.7 Å². The highest BCUT2D eigenvalue weighted by Gasteiger charge is 2.25. The lowest BCUT2D eigenvalue weighted by atomic mass is 9.89. The molecule has 2 atom stereocenters. The molecule has 4 rings (SSSR count). The van der Waals surface area contributed by atoms with Crippen LogP contribution in [0.25, 0.3) is 10.2 Å². The number of thioether (sulfide) groups is 1. The maximum atomic E-state index is 13.3. The third kappa shape index (κ3) is 4.25. The molecule has 2 unspecified atom stereocenters. The number of nitrogens with one attached hydrogen (secondary N) is 1. The maximum absolute atomic E-state index is 13.3. The zero-order chi connectivity index (χ0) is 22.1. The Morgan fingerprint density at radius 1 is 1.48 bits per heavy atom. The van der Waals surface area contributed by atoms with E-state index in [-0.39, 0.29) is 11.5 Å². The molecule has 0 fully saturated rings. The number of hydrogen-bond donors (Lipinski definition) is 1. The normalized spacial score (nSPS) is 16.5. The summed E-state index contributed by atoms with van der Waals surface area (Å²) in [7, 11) is 0. The van der Waals surface area contributed by atoms with Crippen molar-refractivity contribution in [2.75, 3.05) is 5.32 Å². The molecule has 6 nitrogen and oxygen atoms in total. The van der Waals surface area contributed by atoms with Crippen LogP contribution in [0.15, 0.2) is 34.2 Å². The second kappa shape index (κ2) is 8.85. The lowest BCUT2D eigenvalue weighted by Crippen LogP contribution is -2.27. The fourth-order valence-corrected chi connectivity index (χ4v) is 6.29. The first kappa shape index (κ1) is 21.6. The summed E-state index contributed by atoms with van der Waals surface area (Å²) in [6.07, 6.45) is 3.04. The quantitative estimate of drug-likeness (QED) is 0.452. The van der Waals surface area contributed by atoms with Crippen LogP contribution in [0.4, 0.5) is 5.69 Å². The fraction of sp³-hybridized carbons (Fsp3) is 0.391. The van der Waals surface area contributed by atoms with Gasteiger partial charge in [-0.05, 0) is 62.8 Å². The molecule has 160 valence electrons. The van der Waals surface area contributed by atoms with Gasteiger partial charge in [0.15, 0.2) is 5.16 Å². The Balaban J connectivity index is 1.62. The number of aryl methyl sites for hydroxylation is 1. The van der Waals surface area contributed by atoms with Gasteiger partial charge in [-0.1, -0.05) is 24.8 Å². The van der Waals surface area contributed by atoms with Gasteiger partial charge in [0, 0.05) is 17.1 Å². The van der Waals surface area contributed by atoms with Crippen molar-refractivity contribution < 1.29 is 4.79 Å². The smallest absolute Gasteiger partial charge is 0.263 e. The van der Waals surface area contributed by atoms with Gasteiger partial charge < -0.3 is 5.32 Å². The lowest BCUT2D eigenvalue weighted by molar-refractivity contribution is -0.115. The van der Waals surface area contributed by atoms with Crippen LogP contribution in [0.2, 0.25) is 0 Å². The number of benzene rings is 1. The molecule has 0 saturated heterocycles. The number of thiophene rings is 1. The van der Waals surface area contributed by atoms with Crippen LogP contribution >= 0.6 is 23.1 Å². The van der Waals surface area contributed by atoms with Crippen LogP contribution in [-0.2, 0) is 24.2 Å². The number of carbonyl (C=O) groups excluding carboxylic acids is 1. The standard InChI is InChI=1S/C23H24N4O2S2/c1-4-27-22(29)19-17-9-8-13(2)10-18(17)31-21(19)26-23(27)30-14(3)20(28)25-16-7-5-6-15(11-16)12-24/h5-7,11,13-14H,4,8-10H2,1-3H3,(H,25,28). The highest BCUT2D eigenvalue weighted by atomic mass is 32.2. The Morgan fingerprint density at radius 3 is 3.03 bits per heavy atom. The molecule has 1 amide bonds. The average Bonchev–Trinajstić information content (AvgIpc) is 3.11. The van der Waals surface area contributed by atoms with Crippen LogP contribution in [0.1, 0.15) is 43.2 Å². The predicted octanol–water partition coefficient (Wildman–Crippen LogP) is 4.59. The Labute approximate surface area is 189 Å². The van der Waals surface area contributed by atoms with E-state index in [0.717, 1.165) is 29.5 Å². The molecule has 2 aromatic heterocycles. The lowest BCUT2D eigenvalue weighted by Gasteiger charge is -2.18. The van der Waals surface area contributed by atoms with Crippen LogP contribution in [0, 0.1) is 17.2 Å². The van der Waals surface area contributed by atoms with Crippen molar-refractivity contribution in [1.82, 2.24) is 9.55 Å². The van der Waals surface area contributed by atoms with Gasteiger partial charge in [-0.25, -0.2) is 4.98 Å². The van der Waals surface area contributed by atoms with Crippen molar-refractivity contribution in [3.8, 4) is 6.07 Å². The van der Waals surface area contributed by atoms with Crippen molar-refractivity contribution in [3.05, 3.63) is 50.6 Å². The highest BCUT2D eigenvalue weighted by molar-refractivity contribution is 8.00. The molecular weight excluding hydrogens is 428 g/mol. The Bertz CT molecular complexity index is 1250. The molecule has 31 heavy (non-hydrogen) atoms. The van der Waals surface area contributed by atoms with Crippen molar-refractivity contribution >= 4 is 44.9 Å². The van der Waals surface area contributed by atoms with Crippen LogP contribution in [0.3, 0.4) is 0 Å². The summed E-state index contributed by atoms with van der Waals surface area (Å²) < 4.78 is 1.68. The van der Waals surface area contributed by atoms with Gasteiger partial charge in [-0.15, -0.1) is 11.3 Å². The van der Waals surface area contributed by atoms with E-state index in [1.165, 1.54) is 22.2 Å². The summed E-state index contributed by atoms with van der Waals surface area (Å²) in [5.74, 6) is 0.433. The van der Waals surface area contributed by atoms with Gasteiger partial charge in [0.25, 0.3) is 5.56 Å². The van der Waals surface area contributed by atoms with E-state index in [0.29, 0.717) is 28.9 Å². The Morgan fingerprint density at radius 2 is 2.29 bits per heavy atom. The van der Waals surface area contributed by atoms with Crippen molar-refractivity contribution in [1.29, 1.82) is 5.26 Å². The molecule has 0 spiro atoms. The molecule has 1 aliphatic carbocycles. The molecule has 1 aliphatic rings. The number of aromatic nitrogens is 2. The van der Waals surface area contributed by atoms with E-state index in [4.69, 9.17) is 10.2 Å². The first-order valence-electron chi connectivity index (χ1n) is 10.4. The average molecular weight is 453 g/mol. The first-order valence-corrected chi connectivity index (χ1v) is 12.1. The fourth-order valence-electron chi connectivity index (χ4n) is 3.90. The molecule has 0 saturated carbocycles. The molecule has 0 radical (unpaired) electrons. The van der Waals surface area contributed by atoms with Gasteiger partial charge in [-0.3, -0.25) is 14.2 Å². The highest BCUT2D eigenvalue weighted by Crippen LogP contribution is 2.37. The third-order valence-corrected chi connectivity index (χ3v) is 7.85. The topological polar surface area (TPSA) is 87.8 Å². The Hall–Kier alpha value is -2.63. The summed E-state index contributed by atoms with van der Waals surface area (Å²) >= 11 is 2.91. The largest absolute Gasteiger partial charge is 0.325 e. The summed E-state index contributed by atoms with van der Waals surface area (Å²) in [5, 5.41) is 12.8. The van der Waals surface area contributed by atoms with E-state index >= 15 is 0 Å². The van der Waals surface area contributed by atoms with E-state index in [2.05, 4.69) is 18.3 Å². The zero-order valence-corrected chi connectivity index (χ0v) is 19.4. The number of hydrogen-bond acceptors (Lipinski definition) is 6. The van der Waals surface area contributed by atoms with Gasteiger partial charge in [0.2, 0.25) is 5.91 Å². The maximum Gasteiger partial charge on any atom is 0.263 e. The molecule has 0 aliphatic heterocycles. The van der Waals surface area contributed by atoms with Crippen molar-refractivity contribution in [2.24, 2.45) is 5.92 Å². The second-order valence-electron chi connectivity index (χ2n) is 7.92. The number of nitrogens with zero attached hydrogens (tertiary/aromatic N) is 3. The summed E-state index contributed by atoms with van der Waals surface area (Å²) in [4.78, 5) is 32.9. The molecule has 1 N–H and O–H groups in total. The minimum atomic E-state index is -0.456. The van der Waals surface area contributed by atoms with E-state index < -0.39 is 5.25 Å². The molecule has 2 heterocycles. The van der Waals surface area contributed by atoms with Crippen molar-refractivity contribution in [2.45, 2.75) is 57.0 Å². The molecule has 0 bridgehead atoms. The van der Waals surface area contributed by atoms with Crippen LogP contribution in [0.5, 0.6) is 0 Å². The van der Waals surface area contributed by atoms with Gasteiger partial charge in [0.1, 0.15) is 4.83 Å². The number of amides is 1. The number of fused-ring (bicyclic) bond motifs is 3. The van der Waals surface area contributed by atoms with Gasteiger partial charge in [-0.2, -0.15) is 5.26 Å². The molecule has 8 heteroatoms. The van der Waals surface area contributed by atoms with E-state index in [1.54, 1.807) is 47.1 Å².